The highest BCUT2D eigenvalue weighted by Gasteiger charge is 2.37. The molecule has 9 heteroatoms. The van der Waals surface area contributed by atoms with E-state index < -0.39 is 16.0 Å². The second-order valence-electron chi connectivity index (χ2n) is 7.81. The molecule has 0 N–H and O–H groups in total. The molecule has 0 unspecified atom stereocenters. The Bertz CT molecular complexity index is 1040. The van der Waals surface area contributed by atoms with Gasteiger partial charge in [-0.1, -0.05) is 12.1 Å². The number of rotatable bonds is 7. The first-order valence-electron chi connectivity index (χ1n) is 10.6. The third kappa shape index (κ3) is 4.50. The second kappa shape index (κ2) is 9.28. The first kappa shape index (κ1) is 22.3. The number of sulfonamides is 1. The number of carbonyl (C=O) groups is 1. The second-order valence-corrected chi connectivity index (χ2v) is 11.0. The fraction of sp³-hybridized carbons (Fsp3) is 0.500. The van der Waals surface area contributed by atoms with Gasteiger partial charge < -0.3 is 9.47 Å². The normalized spacial score (nSPS) is 17.5. The van der Waals surface area contributed by atoms with E-state index in [0.29, 0.717) is 32.7 Å². The number of esters is 1. The number of hydrogen-bond donors (Lipinski definition) is 0. The van der Waals surface area contributed by atoms with Crippen molar-refractivity contribution in [2.24, 2.45) is 0 Å². The molecule has 0 saturated carbocycles. The van der Waals surface area contributed by atoms with Gasteiger partial charge in [0.2, 0.25) is 0 Å². The maximum absolute atomic E-state index is 13.3. The highest BCUT2D eigenvalue weighted by Crippen LogP contribution is 2.39. The smallest absolute Gasteiger partial charge is 0.340 e. The van der Waals surface area contributed by atoms with Gasteiger partial charge in [0.25, 0.3) is 10.0 Å². The number of nitrogens with zero attached hydrogens (tertiary/aromatic N) is 2. The third-order valence-corrected chi connectivity index (χ3v) is 9.38. The lowest BCUT2D eigenvalue weighted by Crippen LogP contribution is -2.30. The summed E-state index contributed by atoms with van der Waals surface area (Å²) in [7, 11) is -2.38. The summed E-state index contributed by atoms with van der Waals surface area (Å²) in [5.74, 6) is 0.292. The van der Waals surface area contributed by atoms with Crippen LogP contribution < -0.4 is 4.74 Å². The monoisotopic (exact) mass is 464 g/mol. The van der Waals surface area contributed by atoms with Gasteiger partial charge in [0.05, 0.1) is 19.3 Å². The van der Waals surface area contributed by atoms with Crippen LogP contribution in [0.3, 0.4) is 0 Å². The van der Waals surface area contributed by atoms with E-state index in [1.54, 1.807) is 0 Å². The Kier molecular flexibility index (Phi) is 6.66. The van der Waals surface area contributed by atoms with Gasteiger partial charge in [-0.25, -0.2) is 13.2 Å². The van der Waals surface area contributed by atoms with E-state index in [0.717, 1.165) is 42.1 Å². The van der Waals surface area contributed by atoms with Crippen molar-refractivity contribution in [3.63, 3.8) is 0 Å². The Balaban J connectivity index is 1.59. The van der Waals surface area contributed by atoms with Crippen molar-refractivity contribution in [3.8, 4) is 5.75 Å². The van der Waals surface area contributed by atoms with Crippen LogP contribution in [-0.4, -0.2) is 56.9 Å². The van der Waals surface area contributed by atoms with Crippen LogP contribution >= 0.6 is 11.3 Å². The molecule has 0 spiro atoms. The van der Waals surface area contributed by atoms with Crippen LogP contribution in [-0.2, 0) is 34.3 Å². The summed E-state index contributed by atoms with van der Waals surface area (Å²) in [5, 5.41) is 0. The molecule has 2 aromatic rings. The van der Waals surface area contributed by atoms with Crippen LogP contribution in [0.1, 0.15) is 46.1 Å². The zero-order valence-electron chi connectivity index (χ0n) is 17.9. The van der Waals surface area contributed by atoms with Crippen LogP contribution in [0.2, 0.25) is 0 Å². The Morgan fingerprint density at radius 2 is 1.84 bits per heavy atom. The molecule has 0 amide bonds. The van der Waals surface area contributed by atoms with Crippen LogP contribution in [0.15, 0.2) is 28.5 Å². The highest BCUT2D eigenvalue weighted by atomic mass is 32.2. The summed E-state index contributed by atoms with van der Waals surface area (Å²) in [6, 6.07) is 8.04. The maximum atomic E-state index is 13.3. The van der Waals surface area contributed by atoms with E-state index in [2.05, 4.69) is 17.0 Å². The lowest BCUT2D eigenvalue weighted by Gasteiger charge is -2.27. The lowest BCUT2D eigenvalue weighted by atomic mass is 10.0. The van der Waals surface area contributed by atoms with E-state index in [1.165, 1.54) is 28.3 Å². The van der Waals surface area contributed by atoms with E-state index in [4.69, 9.17) is 9.47 Å². The molecule has 0 atom stereocenters. The summed E-state index contributed by atoms with van der Waals surface area (Å²) in [6.45, 7) is 5.74. The predicted molar refractivity (Wildman–Crippen MR) is 119 cm³/mol. The van der Waals surface area contributed by atoms with Crippen molar-refractivity contribution in [1.82, 2.24) is 9.21 Å². The van der Waals surface area contributed by atoms with Gasteiger partial charge in [-0.15, -0.1) is 11.3 Å². The first-order valence-corrected chi connectivity index (χ1v) is 12.9. The Morgan fingerprint density at radius 3 is 2.48 bits per heavy atom. The van der Waals surface area contributed by atoms with Crippen LogP contribution in [0.25, 0.3) is 0 Å². The molecular formula is C22H28N2O5S2. The van der Waals surface area contributed by atoms with Gasteiger partial charge in [-0.3, -0.25) is 4.90 Å². The Hall–Kier alpha value is -1.94. The van der Waals surface area contributed by atoms with Crippen molar-refractivity contribution < 1.29 is 22.7 Å². The topological polar surface area (TPSA) is 76.2 Å². The molecule has 0 radical (unpaired) electrons. The lowest BCUT2D eigenvalue weighted by molar-refractivity contribution is 0.0595. The quantitative estimate of drug-likeness (QED) is 0.586. The average molecular weight is 465 g/mol. The molecule has 2 aliphatic rings. The molecule has 0 bridgehead atoms. The molecule has 1 aromatic carbocycles. The van der Waals surface area contributed by atoms with Crippen molar-refractivity contribution in [3.05, 3.63) is 45.8 Å². The zero-order chi connectivity index (χ0) is 22.0. The fourth-order valence-corrected chi connectivity index (χ4v) is 7.80. The standard InChI is InChI=1S/C22H28N2O5S2/c1-3-29-17-8-6-16(7-9-17)14-23-13-10-18-19(15-23)30-22(20(18)21(25)28-2)31(26,27)24-11-4-5-12-24/h6-9H,3-5,10-15H2,1-2H3. The van der Waals surface area contributed by atoms with Crippen molar-refractivity contribution >= 4 is 27.3 Å². The van der Waals surface area contributed by atoms with Gasteiger partial charge in [0.15, 0.2) is 0 Å². The molecule has 31 heavy (non-hydrogen) atoms. The van der Waals surface area contributed by atoms with Crippen molar-refractivity contribution in [2.75, 3.05) is 33.4 Å². The average Bonchev–Trinajstić information content (AvgIpc) is 3.43. The van der Waals surface area contributed by atoms with E-state index in [9.17, 15) is 13.2 Å². The predicted octanol–water partition coefficient (Wildman–Crippen LogP) is 3.28. The third-order valence-electron chi connectivity index (χ3n) is 5.77. The summed E-state index contributed by atoms with van der Waals surface area (Å²) < 4.78 is 38.6. The van der Waals surface area contributed by atoms with Crippen LogP contribution in [0, 0.1) is 0 Å². The Labute approximate surface area is 187 Å². The number of carbonyl (C=O) groups excluding carboxylic acids is 1. The number of thiophene rings is 1. The molecule has 0 aliphatic carbocycles. The molecule has 7 nitrogen and oxygen atoms in total. The van der Waals surface area contributed by atoms with Crippen LogP contribution in [0.5, 0.6) is 5.75 Å². The van der Waals surface area contributed by atoms with Gasteiger partial charge in [-0.05, 0) is 49.4 Å². The molecular weight excluding hydrogens is 436 g/mol. The van der Waals surface area contributed by atoms with Gasteiger partial charge >= 0.3 is 5.97 Å². The van der Waals surface area contributed by atoms with E-state index in [1.807, 2.05) is 19.1 Å². The van der Waals surface area contributed by atoms with Crippen molar-refractivity contribution in [1.29, 1.82) is 0 Å². The molecule has 1 aromatic heterocycles. The minimum absolute atomic E-state index is 0.147. The van der Waals surface area contributed by atoms with Gasteiger partial charge in [0.1, 0.15) is 9.96 Å². The maximum Gasteiger partial charge on any atom is 0.340 e. The molecule has 168 valence electrons. The minimum atomic E-state index is -3.69. The summed E-state index contributed by atoms with van der Waals surface area (Å²) in [4.78, 5) is 15.8. The Morgan fingerprint density at radius 1 is 1.13 bits per heavy atom. The molecule has 3 heterocycles. The van der Waals surface area contributed by atoms with Gasteiger partial charge in [0, 0.05) is 37.6 Å². The van der Waals surface area contributed by atoms with E-state index >= 15 is 0 Å². The van der Waals surface area contributed by atoms with Crippen molar-refractivity contribution in [2.45, 2.75) is 43.5 Å². The number of hydrogen-bond acceptors (Lipinski definition) is 7. The molecule has 4 rings (SSSR count). The van der Waals surface area contributed by atoms with Crippen LogP contribution in [0.4, 0.5) is 0 Å². The largest absolute Gasteiger partial charge is 0.494 e. The summed E-state index contributed by atoms with van der Waals surface area (Å²) in [6.07, 6.45) is 2.34. The number of methoxy groups -OCH3 is 1. The number of benzene rings is 1. The minimum Gasteiger partial charge on any atom is -0.494 e. The first-order chi connectivity index (χ1) is 14.9. The highest BCUT2D eigenvalue weighted by molar-refractivity contribution is 7.91. The SMILES string of the molecule is CCOc1ccc(CN2CCc3c(sc(S(=O)(=O)N4CCCC4)c3C(=O)OC)C2)cc1. The zero-order valence-corrected chi connectivity index (χ0v) is 19.6. The van der Waals surface area contributed by atoms with Gasteiger partial charge in [-0.2, -0.15) is 4.31 Å². The van der Waals surface area contributed by atoms with E-state index in [-0.39, 0.29) is 9.77 Å². The molecule has 1 saturated heterocycles. The summed E-state index contributed by atoms with van der Waals surface area (Å²) >= 11 is 1.23. The molecule has 2 aliphatic heterocycles. The summed E-state index contributed by atoms with van der Waals surface area (Å²) in [5.41, 5.74) is 2.24. The number of fused-ring (bicyclic) bond motifs is 1. The fourth-order valence-electron chi connectivity index (χ4n) is 4.22. The number of ether oxygens (including phenoxy) is 2. The molecule has 1 fully saturated rings.